The first-order chi connectivity index (χ1) is 17.2. The van der Waals surface area contributed by atoms with E-state index in [4.69, 9.17) is 19.1 Å². The van der Waals surface area contributed by atoms with E-state index in [9.17, 15) is 4.39 Å². The van der Waals surface area contributed by atoms with Crippen molar-refractivity contribution >= 4 is 27.8 Å². The Hall–Kier alpha value is -3.01. The molecule has 4 aromatic rings. The molecule has 3 aliphatic rings. The second kappa shape index (κ2) is 8.58. The van der Waals surface area contributed by atoms with E-state index in [2.05, 4.69) is 19.7 Å². The molecule has 3 fully saturated rings. The molecule has 0 bridgehead atoms. The molecule has 3 saturated heterocycles. The van der Waals surface area contributed by atoms with Gasteiger partial charge in [-0.2, -0.15) is 0 Å². The lowest BCUT2D eigenvalue weighted by Gasteiger charge is -2.37. The highest BCUT2D eigenvalue weighted by atomic mass is 19.1. The summed E-state index contributed by atoms with van der Waals surface area (Å²) in [4.78, 5) is 20.2. The van der Waals surface area contributed by atoms with E-state index in [1.807, 2.05) is 18.3 Å². The summed E-state index contributed by atoms with van der Waals surface area (Å²) in [5, 5.41) is 0.900. The SMILES string of the molecule is Fc1cc(-c2nc(N3CCOCC3)c3oc(CN4CCN5CCC[C@H]5C4)cc3n2)c2cc[nH]c2c1. The summed E-state index contributed by atoms with van der Waals surface area (Å²) in [6.45, 7) is 8.00. The van der Waals surface area contributed by atoms with Crippen molar-refractivity contribution in [1.29, 1.82) is 0 Å². The van der Waals surface area contributed by atoms with Gasteiger partial charge in [-0.25, -0.2) is 14.4 Å². The number of rotatable bonds is 4. The Morgan fingerprint density at radius 3 is 2.89 bits per heavy atom. The molecule has 0 saturated carbocycles. The molecule has 0 amide bonds. The van der Waals surface area contributed by atoms with E-state index in [1.54, 1.807) is 0 Å². The lowest BCUT2D eigenvalue weighted by Crippen LogP contribution is -2.49. The molecule has 7 rings (SSSR count). The predicted molar refractivity (Wildman–Crippen MR) is 132 cm³/mol. The Kier molecular flexibility index (Phi) is 5.22. The van der Waals surface area contributed by atoms with Crippen molar-refractivity contribution in [3.8, 4) is 11.4 Å². The molecule has 9 heteroatoms. The number of ether oxygens (including phenoxy) is 1. The number of hydrogen-bond acceptors (Lipinski definition) is 7. The van der Waals surface area contributed by atoms with Gasteiger partial charge in [0.15, 0.2) is 17.2 Å². The molecule has 8 nitrogen and oxygen atoms in total. The Morgan fingerprint density at radius 1 is 1.06 bits per heavy atom. The van der Waals surface area contributed by atoms with Crippen molar-refractivity contribution in [2.45, 2.75) is 25.4 Å². The van der Waals surface area contributed by atoms with Crippen molar-refractivity contribution in [2.24, 2.45) is 0 Å². The number of fused-ring (bicyclic) bond motifs is 3. The van der Waals surface area contributed by atoms with Gasteiger partial charge in [0, 0.05) is 67.5 Å². The van der Waals surface area contributed by atoms with Crippen LogP contribution in [0.1, 0.15) is 18.6 Å². The smallest absolute Gasteiger partial charge is 0.195 e. The van der Waals surface area contributed by atoms with Gasteiger partial charge < -0.3 is 19.0 Å². The Labute approximate surface area is 202 Å². The van der Waals surface area contributed by atoms with Gasteiger partial charge in [-0.3, -0.25) is 9.80 Å². The zero-order chi connectivity index (χ0) is 23.4. The summed E-state index contributed by atoms with van der Waals surface area (Å²) in [7, 11) is 0. The normalized spacial score (nSPS) is 21.9. The van der Waals surface area contributed by atoms with Crippen LogP contribution in [-0.2, 0) is 11.3 Å². The van der Waals surface area contributed by atoms with E-state index >= 15 is 0 Å². The van der Waals surface area contributed by atoms with Crippen molar-refractivity contribution in [3.05, 3.63) is 42.0 Å². The van der Waals surface area contributed by atoms with Gasteiger partial charge in [0.05, 0.1) is 19.8 Å². The Morgan fingerprint density at radius 2 is 1.97 bits per heavy atom. The monoisotopic (exact) mass is 476 g/mol. The quantitative estimate of drug-likeness (QED) is 0.482. The molecule has 0 spiro atoms. The van der Waals surface area contributed by atoms with Crippen LogP contribution >= 0.6 is 0 Å². The third-order valence-electron chi connectivity index (χ3n) is 7.64. The third-order valence-corrected chi connectivity index (χ3v) is 7.64. The van der Waals surface area contributed by atoms with Crippen LogP contribution in [0.5, 0.6) is 0 Å². The molecule has 1 atom stereocenters. The fourth-order valence-corrected chi connectivity index (χ4v) is 5.89. The number of benzene rings is 1. The van der Waals surface area contributed by atoms with Crippen LogP contribution in [0.25, 0.3) is 33.4 Å². The number of furan rings is 1. The van der Waals surface area contributed by atoms with E-state index in [1.165, 1.54) is 31.5 Å². The van der Waals surface area contributed by atoms with Crippen LogP contribution in [0.3, 0.4) is 0 Å². The van der Waals surface area contributed by atoms with Crippen molar-refractivity contribution < 1.29 is 13.5 Å². The number of anilines is 1. The number of aromatic nitrogens is 3. The number of morpholine rings is 1. The van der Waals surface area contributed by atoms with E-state index < -0.39 is 0 Å². The highest BCUT2D eigenvalue weighted by molar-refractivity contribution is 5.95. The predicted octanol–water partition coefficient (Wildman–Crippen LogP) is 3.63. The van der Waals surface area contributed by atoms with Crippen molar-refractivity contribution in [3.63, 3.8) is 0 Å². The average Bonchev–Trinajstić information content (AvgIpc) is 3.62. The molecule has 0 radical (unpaired) electrons. The number of piperazine rings is 1. The van der Waals surface area contributed by atoms with Crippen LogP contribution in [0.2, 0.25) is 0 Å². The Bertz CT molecular complexity index is 1380. The number of halogens is 1. The van der Waals surface area contributed by atoms with Crippen LogP contribution < -0.4 is 4.90 Å². The summed E-state index contributed by atoms with van der Waals surface area (Å²) in [5.74, 6) is 1.85. The first kappa shape index (κ1) is 21.3. The topological polar surface area (TPSA) is 73.7 Å². The van der Waals surface area contributed by atoms with Gasteiger partial charge in [-0.1, -0.05) is 0 Å². The van der Waals surface area contributed by atoms with Crippen LogP contribution in [0, 0.1) is 5.82 Å². The molecule has 0 aliphatic carbocycles. The number of nitrogens with zero attached hydrogens (tertiary/aromatic N) is 5. The van der Waals surface area contributed by atoms with Gasteiger partial charge in [0.2, 0.25) is 0 Å². The first-order valence-electron chi connectivity index (χ1n) is 12.6. The maximum atomic E-state index is 14.5. The molecule has 3 aromatic heterocycles. The maximum Gasteiger partial charge on any atom is 0.195 e. The first-order valence-corrected chi connectivity index (χ1v) is 12.6. The molecule has 182 valence electrons. The fraction of sp³-hybridized carbons (Fsp3) is 0.462. The average molecular weight is 477 g/mol. The molecule has 1 N–H and O–H groups in total. The third kappa shape index (κ3) is 3.87. The van der Waals surface area contributed by atoms with Crippen molar-refractivity contribution in [2.75, 3.05) is 57.4 Å². The van der Waals surface area contributed by atoms with Gasteiger partial charge in [0.25, 0.3) is 0 Å². The summed E-state index contributed by atoms with van der Waals surface area (Å²) < 4.78 is 26.4. The lowest BCUT2D eigenvalue weighted by atomic mass is 10.1. The fourth-order valence-electron chi connectivity index (χ4n) is 5.89. The minimum absolute atomic E-state index is 0.314. The zero-order valence-electron chi connectivity index (χ0n) is 19.7. The standard InChI is InChI=1S/C26H29FN6O2/c27-17-12-21(20-3-4-28-22(20)13-17)25-29-23-14-19(16-31-6-7-32-5-1-2-18(32)15-31)35-24(23)26(30-25)33-8-10-34-11-9-33/h3-4,12-14,18,28H,1-2,5-11,15-16H2/t18-/m0/s1. The van der Waals surface area contributed by atoms with E-state index in [-0.39, 0.29) is 5.82 Å². The number of hydrogen-bond donors (Lipinski definition) is 1. The van der Waals surface area contributed by atoms with Gasteiger partial charge in [-0.05, 0) is 37.6 Å². The van der Waals surface area contributed by atoms with Gasteiger partial charge in [0.1, 0.15) is 17.1 Å². The maximum absolute atomic E-state index is 14.5. The van der Waals surface area contributed by atoms with E-state index in [0.29, 0.717) is 36.2 Å². The molecule has 1 aromatic carbocycles. The summed E-state index contributed by atoms with van der Waals surface area (Å²) in [6, 6.07) is 7.66. The zero-order valence-corrected chi connectivity index (χ0v) is 19.7. The van der Waals surface area contributed by atoms with Crippen LogP contribution in [0.15, 0.2) is 34.9 Å². The van der Waals surface area contributed by atoms with E-state index in [0.717, 1.165) is 67.3 Å². The minimum atomic E-state index is -0.314. The van der Waals surface area contributed by atoms with Crippen LogP contribution in [-0.4, -0.2) is 83.3 Å². The largest absolute Gasteiger partial charge is 0.454 e. The Balaban J connectivity index is 1.29. The number of H-pyrrole nitrogens is 1. The van der Waals surface area contributed by atoms with Gasteiger partial charge in [-0.15, -0.1) is 0 Å². The summed E-state index contributed by atoms with van der Waals surface area (Å²) in [5.41, 5.74) is 2.87. The highest BCUT2D eigenvalue weighted by Crippen LogP contribution is 2.34. The molecule has 0 unspecified atom stereocenters. The van der Waals surface area contributed by atoms with Crippen LogP contribution in [0.4, 0.5) is 10.2 Å². The van der Waals surface area contributed by atoms with Gasteiger partial charge >= 0.3 is 0 Å². The second-order valence-corrected chi connectivity index (χ2v) is 9.86. The molecule has 6 heterocycles. The highest BCUT2D eigenvalue weighted by Gasteiger charge is 2.31. The number of aromatic amines is 1. The second-order valence-electron chi connectivity index (χ2n) is 9.86. The molecular formula is C26H29FN6O2. The molecular weight excluding hydrogens is 447 g/mol. The van der Waals surface area contributed by atoms with Crippen molar-refractivity contribution in [1.82, 2.24) is 24.8 Å². The lowest BCUT2D eigenvalue weighted by molar-refractivity contribution is 0.0945. The molecule has 35 heavy (non-hydrogen) atoms. The summed E-state index contributed by atoms with van der Waals surface area (Å²) in [6.07, 6.45) is 4.40. The molecule has 3 aliphatic heterocycles. The number of nitrogens with one attached hydrogen (secondary N) is 1. The minimum Gasteiger partial charge on any atom is -0.454 e. The summed E-state index contributed by atoms with van der Waals surface area (Å²) >= 11 is 0.